The van der Waals surface area contributed by atoms with E-state index in [1.54, 1.807) is 0 Å². The second kappa shape index (κ2) is 5.85. The highest BCUT2D eigenvalue weighted by atomic mass is 16.5. The fraction of sp³-hybridized carbons (Fsp3) is 0.562. The predicted octanol–water partition coefficient (Wildman–Crippen LogP) is 2.60. The Labute approximate surface area is 115 Å². The van der Waals surface area contributed by atoms with E-state index in [2.05, 4.69) is 18.7 Å². The Hall–Kier alpha value is -1.19. The first-order valence-corrected chi connectivity index (χ1v) is 6.95. The van der Waals surface area contributed by atoms with Gasteiger partial charge in [-0.25, -0.2) is 0 Å². The number of carbonyl (C=O) groups is 1. The van der Waals surface area contributed by atoms with E-state index in [0.29, 0.717) is 12.6 Å². The number of Topliss-reactive ketones (excluding diaryl/α,β-unsaturated/α-hetero) is 1. The first-order chi connectivity index (χ1) is 9.00. The van der Waals surface area contributed by atoms with Gasteiger partial charge in [-0.15, -0.1) is 0 Å². The van der Waals surface area contributed by atoms with Gasteiger partial charge in [0.05, 0.1) is 19.3 Å². The number of nitrogens with zero attached hydrogens (tertiary/aromatic N) is 1. The van der Waals surface area contributed by atoms with Crippen LogP contribution in [0.15, 0.2) is 18.2 Å². The minimum Gasteiger partial charge on any atom is -0.379 e. The molecule has 2 rings (SSSR count). The van der Waals surface area contributed by atoms with E-state index >= 15 is 0 Å². The molecule has 0 aliphatic carbocycles. The van der Waals surface area contributed by atoms with Crippen molar-refractivity contribution < 1.29 is 9.53 Å². The van der Waals surface area contributed by atoms with E-state index in [9.17, 15) is 4.79 Å². The van der Waals surface area contributed by atoms with Gasteiger partial charge in [0, 0.05) is 18.2 Å². The molecule has 1 fully saturated rings. The molecule has 1 saturated heterocycles. The maximum atomic E-state index is 12.6. The molecule has 1 aromatic rings. The van der Waals surface area contributed by atoms with E-state index in [-0.39, 0.29) is 11.8 Å². The van der Waals surface area contributed by atoms with Gasteiger partial charge in [-0.3, -0.25) is 9.69 Å². The van der Waals surface area contributed by atoms with Crippen molar-refractivity contribution in [2.75, 3.05) is 19.8 Å². The minimum absolute atomic E-state index is 0.0824. The van der Waals surface area contributed by atoms with Crippen molar-refractivity contribution in [2.24, 2.45) is 0 Å². The SMILES string of the molecule is Cc1ccc(C(=O)C(C)N2CCOCC2C)cc1C. The molecule has 0 aromatic heterocycles. The number of carbonyl (C=O) groups excluding carboxylic acids is 1. The van der Waals surface area contributed by atoms with Crippen LogP contribution in [0.4, 0.5) is 0 Å². The minimum atomic E-state index is -0.0824. The number of ketones is 1. The normalized spacial score (nSPS) is 22.2. The lowest BCUT2D eigenvalue weighted by Crippen LogP contribution is -2.51. The highest BCUT2D eigenvalue weighted by Crippen LogP contribution is 2.17. The predicted molar refractivity (Wildman–Crippen MR) is 76.7 cm³/mol. The average Bonchev–Trinajstić information content (AvgIpc) is 2.41. The van der Waals surface area contributed by atoms with Gasteiger partial charge in [0.1, 0.15) is 0 Å². The summed E-state index contributed by atoms with van der Waals surface area (Å²) in [5.41, 5.74) is 3.21. The molecule has 0 N–H and O–H groups in total. The first-order valence-electron chi connectivity index (χ1n) is 6.95. The van der Waals surface area contributed by atoms with Crippen LogP contribution >= 0.6 is 0 Å². The Morgan fingerprint density at radius 1 is 1.37 bits per heavy atom. The zero-order valence-electron chi connectivity index (χ0n) is 12.3. The van der Waals surface area contributed by atoms with Crippen LogP contribution in [0.1, 0.15) is 35.3 Å². The molecule has 1 aromatic carbocycles. The molecule has 3 nitrogen and oxygen atoms in total. The van der Waals surface area contributed by atoms with E-state index < -0.39 is 0 Å². The highest BCUT2D eigenvalue weighted by Gasteiger charge is 2.28. The fourth-order valence-electron chi connectivity index (χ4n) is 2.60. The summed E-state index contributed by atoms with van der Waals surface area (Å²) in [4.78, 5) is 14.8. The Bertz CT molecular complexity index is 470. The number of rotatable bonds is 3. The smallest absolute Gasteiger partial charge is 0.179 e. The van der Waals surface area contributed by atoms with Gasteiger partial charge >= 0.3 is 0 Å². The standard InChI is InChI=1S/C16H23NO2/c1-11-5-6-15(9-12(11)2)16(18)14(4)17-7-8-19-10-13(17)3/h5-6,9,13-14H,7-8,10H2,1-4H3. The summed E-state index contributed by atoms with van der Waals surface area (Å²) in [6.07, 6.45) is 0. The van der Waals surface area contributed by atoms with Crippen molar-refractivity contribution in [3.05, 3.63) is 34.9 Å². The van der Waals surface area contributed by atoms with Crippen molar-refractivity contribution in [2.45, 2.75) is 39.8 Å². The van der Waals surface area contributed by atoms with Crippen LogP contribution in [-0.4, -0.2) is 42.5 Å². The van der Waals surface area contributed by atoms with Gasteiger partial charge in [0.25, 0.3) is 0 Å². The number of aryl methyl sites for hydroxylation is 2. The zero-order chi connectivity index (χ0) is 14.0. The maximum Gasteiger partial charge on any atom is 0.179 e. The summed E-state index contributed by atoms with van der Waals surface area (Å²) in [6, 6.07) is 6.18. The van der Waals surface area contributed by atoms with Crippen molar-refractivity contribution in [3.63, 3.8) is 0 Å². The number of hydrogen-bond acceptors (Lipinski definition) is 3. The monoisotopic (exact) mass is 261 g/mol. The molecule has 104 valence electrons. The number of morpholine rings is 1. The first kappa shape index (κ1) is 14.2. The lowest BCUT2D eigenvalue weighted by atomic mass is 9.98. The molecule has 1 aliphatic rings. The van der Waals surface area contributed by atoms with Gasteiger partial charge in [0.2, 0.25) is 0 Å². The number of hydrogen-bond donors (Lipinski definition) is 0. The Kier molecular flexibility index (Phi) is 4.38. The van der Waals surface area contributed by atoms with Gasteiger partial charge in [0.15, 0.2) is 5.78 Å². The van der Waals surface area contributed by atoms with E-state index in [4.69, 9.17) is 4.74 Å². The van der Waals surface area contributed by atoms with Gasteiger partial charge in [-0.2, -0.15) is 0 Å². The maximum absolute atomic E-state index is 12.6. The molecule has 3 heteroatoms. The zero-order valence-corrected chi connectivity index (χ0v) is 12.3. The molecule has 0 radical (unpaired) electrons. The lowest BCUT2D eigenvalue weighted by Gasteiger charge is -2.37. The topological polar surface area (TPSA) is 29.5 Å². The van der Waals surface area contributed by atoms with Gasteiger partial charge in [-0.05, 0) is 44.9 Å². The fourth-order valence-corrected chi connectivity index (χ4v) is 2.60. The van der Waals surface area contributed by atoms with Crippen molar-refractivity contribution in [3.8, 4) is 0 Å². The average molecular weight is 261 g/mol. The Morgan fingerprint density at radius 2 is 2.11 bits per heavy atom. The molecule has 2 atom stereocenters. The molecule has 0 bridgehead atoms. The van der Waals surface area contributed by atoms with Crippen molar-refractivity contribution >= 4 is 5.78 Å². The second-order valence-electron chi connectivity index (χ2n) is 5.50. The summed E-state index contributed by atoms with van der Waals surface area (Å²) in [5, 5.41) is 0. The number of benzene rings is 1. The molecule has 1 heterocycles. The van der Waals surface area contributed by atoms with Crippen molar-refractivity contribution in [1.29, 1.82) is 0 Å². The molecule has 0 spiro atoms. The lowest BCUT2D eigenvalue weighted by molar-refractivity contribution is -0.0143. The van der Waals surface area contributed by atoms with E-state index in [1.807, 2.05) is 32.0 Å². The molecule has 0 saturated carbocycles. The summed E-state index contributed by atoms with van der Waals surface area (Å²) < 4.78 is 5.43. The van der Waals surface area contributed by atoms with Crippen LogP contribution in [0.2, 0.25) is 0 Å². The molecule has 1 aliphatic heterocycles. The van der Waals surface area contributed by atoms with E-state index in [1.165, 1.54) is 11.1 Å². The summed E-state index contributed by atoms with van der Waals surface area (Å²) in [6.45, 7) is 10.5. The van der Waals surface area contributed by atoms with Crippen LogP contribution < -0.4 is 0 Å². The summed E-state index contributed by atoms with van der Waals surface area (Å²) in [7, 11) is 0. The van der Waals surface area contributed by atoms with Crippen LogP contribution in [0.3, 0.4) is 0 Å². The van der Waals surface area contributed by atoms with Gasteiger partial charge < -0.3 is 4.74 Å². The number of ether oxygens (including phenoxy) is 1. The molecular weight excluding hydrogens is 238 g/mol. The highest BCUT2D eigenvalue weighted by molar-refractivity contribution is 6.00. The Balaban J connectivity index is 2.15. The van der Waals surface area contributed by atoms with Crippen LogP contribution in [0.5, 0.6) is 0 Å². The van der Waals surface area contributed by atoms with Crippen molar-refractivity contribution in [1.82, 2.24) is 4.90 Å². The van der Waals surface area contributed by atoms with Crippen LogP contribution in [0, 0.1) is 13.8 Å². The molecular formula is C16H23NO2. The van der Waals surface area contributed by atoms with Crippen LogP contribution in [-0.2, 0) is 4.74 Å². The quantitative estimate of drug-likeness (QED) is 0.783. The molecule has 2 unspecified atom stereocenters. The van der Waals surface area contributed by atoms with Crippen LogP contribution in [0.25, 0.3) is 0 Å². The van der Waals surface area contributed by atoms with E-state index in [0.717, 1.165) is 18.7 Å². The third-order valence-corrected chi connectivity index (χ3v) is 4.09. The second-order valence-corrected chi connectivity index (χ2v) is 5.50. The third kappa shape index (κ3) is 3.04. The molecule has 19 heavy (non-hydrogen) atoms. The summed E-state index contributed by atoms with van der Waals surface area (Å²) in [5.74, 6) is 0.205. The third-order valence-electron chi connectivity index (χ3n) is 4.09. The molecule has 0 amide bonds. The van der Waals surface area contributed by atoms with Gasteiger partial charge in [-0.1, -0.05) is 12.1 Å². The largest absolute Gasteiger partial charge is 0.379 e. The Morgan fingerprint density at radius 3 is 2.74 bits per heavy atom. The summed E-state index contributed by atoms with van der Waals surface area (Å²) >= 11 is 0.